The third-order valence-electron chi connectivity index (χ3n) is 2.14. The molecule has 1 heteroatoms. The molecule has 0 aliphatic carbocycles. The second-order valence-electron chi connectivity index (χ2n) is 3.12. The van der Waals surface area contributed by atoms with E-state index in [1.165, 1.54) is 36.6 Å². The number of nitrogens with two attached hydrogens (primary N) is 1. The fourth-order valence-corrected chi connectivity index (χ4v) is 1.49. The van der Waals surface area contributed by atoms with Crippen LogP contribution >= 0.6 is 0 Å². The van der Waals surface area contributed by atoms with Gasteiger partial charge in [-0.2, -0.15) is 0 Å². The van der Waals surface area contributed by atoms with E-state index in [9.17, 15) is 0 Å². The lowest BCUT2D eigenvalue weighted by molar-refractivity contribution is 0.903. The van der Waals surface area contributed by atoms with Crippen LogP contribution < -0.4 is 5.73 Å². The molecular formula is C12H21N. The normalized spacial score (nSPS) is 9.00. The molecule has 0 bridgehead atoms. The van der Waals surface area contributed by atoms with Gasteiger partial charge in [-0.25, -0.2) is 0 Å². The highest BCUT2D eigenvalue weighted by Gasteiger charge is 1.98. The zero-order valence-electron chi connectivity index (χ0n) is 9.22. The summed E-state index contributed by atoms with van der Waals surface area (Å²) < 4.78 is 0. The maximum absolute atomic E-state index is 4.50. The van der Waals surface area contributed by atoms with Crippen molar-refractivity contribution in [1.29, 1.82) is 0 Å². The first-order chi connectivity index (χ1) is 6.25. The van der Waals surface area contributed by atoms with Gasteiger partial charge < -0.3 is 5.73 Å². The van der Waals surface area contributed by atoms with Gasteiger partial charge in [-0.15, -0.1) is 0 Å². The lowest BCUT2D eigenvalue weighted by Gasteiger charge is -2.06. The van der Waals surface area contributed by atoms with Crippen LogP contribution in [0.5, 0.6) is 0 Å². The zero-order valence-corrected chi connectivity index (χ0v) is 9.22. The van der Waals surface area contributed by atoms with Gasteiger partial charge in [-0.3, -0.25) is 0 Å². The lowest BCUT2D eigenvalue weighted by Crippen LogP contribution is -1.91. The molecule has 0 amide bonds. The minimum Gasteiger partial charge on any atom is -0.333 e. The molecular weight excluding hydrogens is 158 g/mol. The first-order valence-corrected chi connectivity index (χ1v) is 4.88. The van der Waals surface area contributed by atoms with Crippen LogP contribution in [0.2, 0.25) is 0 Å². The van der Waals surface area contributed by atoms with E-state index < -0.39 is 0 Å². The predicted octanol–water partition coefficient (Wildman–Crippen LogP) is 2.83. The third-order valence-corrected chi connectivity index (χ3v) is 2.14. The molecule has 1 nitrogen and oxygen atoms in total. The van der Waals surface area contributed by atoms with E-state index in [4.69, 9.17) is 0 Å². The molecule has 0 unspecified atom stereocenters. The van der Waals surface area contributed by atoms with Gasteiger partial charge in [-0.05, 0) is 44.0 Å². The van der Waals surface area contributed by atoms with Gasteiger partial charge in [0.1, 0.15) is 0 Å². The third kappa shape index (κ3) is 3.60. The fourth-order valence-electron chi connectivity index (χ4n) is 1.49. The van der Waals surface area contributed by atoms with Gasteiger partial charge in [0.15, 0.2) is 0 Å². The molecule has 0 aliphatic rings. The Hall–Kier alpha value is -0.820. The summed E-state index contributed by atoms with van der Waals surface area (Å²) in [6.45, 7) is 6.61. The summed E-state index contributed by atoms with van der Waals surface area (Å²) in [5.74, 6) is 0. The van der Waals surface area contributed by atoms with Crippen molar-refractivity contribution in [1.82, 2.24) is 0 Å². The van der Waals surface area contributed by atoms with Crippen molar-refractivity contribution < 1.29 is 0 Å². The van der Waals surface area contributed by atoms with Crippen LogP contribution in [0, 0.1) is 13.8 Å². The highest BCUT2D eigenvalue weighted by Crippen LogP contribution is 2.14. The van der Waals surface area contributed by atoms with Crippen LogP contribution in [0.1, 0.15) is 30.0 Å². The SMILES string of the molecule is CCCc1c(C)cccc1C.CN. The number of hydrogen-bond donors (Lipinski definition) is 1. The molecule has 74 valence electrons. The van der Waals surface area contributed by atoms with Crippen molar-refractivity contribution in [2.75, 3.05) is 7.05 Å². The van der Waals surface area contributed by atoms with Gasteiger partial charge in [0.2, 0.25) is 0 Å². The van der Waals surface area contributed by atoms with E-state index in [0.717, 1.165) is 0 Å². The van der Waals surface area contributed by atoms with Gasteiger partial charge in [0.05, 0.1) is 0 Å². The average Bonchev–Trinajstić information content (AvgIpc) is 2.15. The first kappa shape index (κ1) is 12.2. The number of hydrogen-bond acceptors (Lipinski definition) is 1. The molecule has 0 fully saturated rings. The molecule has 1 aromatic carbocycles. The summed E-state index contributed by atoms with van der Waals surface area (Å²) in [5.41, 5.74) is 8.91. The van der Waals surface area contributed by atoms with Crippen LogP contribution in [-0.2, 0) is 6.42 Å². The largest absolute Gasteiger partial charge is 0.333 e. The van der Waals surface area contributed by atoms with Crippen LogP contribution in [0.4, 0.5) is 0 Å². The Bertz CT molecular complexity index is 221. The molecule has 1 aromatic rings. The maximum Gasteiger partial charge on any atom is -0.0195 e. The highest BCUT2D eigenvalue weighted by atomic mass is 14.4. The molecule has 0 radical (unpaired) electrons. The Kier molecular flexibility index (Phi) is 6.25. The van der Waals surface area contributed by atoms with E-state index in [1.807, 2.05) is 0 Å². The monoisotopic (exact) mass is 179 g/mol. The topological polar surface area (TPSA) is 26.0 Å². The number of rotatable bonds is 2. The fraction of sp³-hybridized carbons (Fsp3) is 0.500. The summed E-state index contributed by atoms with van der Waals surface area (Å²) in [5, 5.41) is 0. The molecule has 0 heterocycles. The van der Waals surface area contributed by atoms with E-state index in [-0.39, 0.29) is 0 Å². The standard InChI is InChI=1S/C11H16.CH5N/c1-4-6-11-9(2)7-5-8-10(11)3;1-2/h5,7-8H,4,6H2,1-3H3;2H2,1H3. The quantitative estimate of drug-likeness (QED) is 0.742. The molecule has 0 saturated carbocycles. The Balaban J connectivity index is 0.000000671. The van der Waals surface area contributed by atoms with Crippen molar-refractivity contribution in [3.8, 4) is 0 Å². The van der Waals surface area contributed by atoms with E-state index in [1.54, 1.807) is 0 Å². The van der Waals surface area contributed by atoms with Crippen molar-refractivity contribution in [2.45, 2.75) is 33.6 Å². The second kappa shape index (κ2) is 6.67. The summed E-state index contributed by atoms with van der Waals surface area (Å²) >= 11 is 0. The molecule has 0 aliphatic heterocycles. The summed E-state index contributed by atoms with van der Waals surface area (Å²) in [6.07, 6.45) is 2.46. The van der Waals surface area contributed by atoms with Gasteiger partial charge in [0, 0.05) is 0 Å². The second-order valence-corrected chi connectivity index (χ2v) is 3.12. The maximum atomic E-state index is 4.50. The van der Waals surface area contributed by atoms with Crippen LogP contribution in [0.3, 0.4) is 0 Å². The molecule has 1 rings (SSSR count). The molecule has 0 aromatic heterocycles. The summed E-state index contributed by atoms with van der Waals surface area (Å²) in [6, 6.07) is 6.51. The van der Waals surface area contributed by atoms with Crippen LogP contribution in [-0.4, -0.2) is 7.05 Å². The number of benzene rings is 1. The van der Waals surface area contributed by atoms with Crippen LogP contribution in [0.25, 0.3) is 0 Å². The Morgan fingerprint density at radius 1 is 1.08 bits per heavy atom. The minimum atomic E-state index is 1.22. The average molecular weight is 179 g/mol. The Morgan fingerprint density at radius 3 is 1.92 bits per heavy atom. The highest BCUT2D eigenvalue weighted by molar-refractivity contribution is 5.33. The van der Waals surface area contributed by atoms with Crippen LogP contribution in [0.15, 0.2) is 18.2 Å². The van der Waals surface area contributed by atoms with Crippen molar-refractivity contribution in [2.24, 2.45) is 5.73 Å². The summed E-state index contributed by atoms with van der Waals surface area (Å²) in [7, 11) is 1.50. The van der Waals surface area contributed by atoms with E-state index >= 15 is 0 Å². The van der Waals surface area contributed by atoms with Gasteiger partial charge in [-0.1, -0.05) is 31.5 Å². The van der Waals surface area contributed by atoms with Gasteiger partial charge in [0.25, 0.3) is 0 Å². The molecule has 0 atom stereocenters. The van der Waals surface area contributed by atoms with E-state index in [2.05, 4.69) is 44.7 Å². The molecule has 2 N–H and O–H groups in total. The minimum absolute atomic E-state index is 1.22. The Morgan fingerprint density at radius 2 is 1.54 bits per heavy atom. The summed E-state index contributed by atoms with van der Waals surface area (Å²) in [4.78, 5) is 0. The zero-order chi connectivity index (χ0) is 10.3. The molecule has 13 heavy (non-hydrogen) atoms. The lowest BCUT2D eigenvalue weighted by atomic mass is 9.99. The smallest absolute Gasteiger partial charge is 0.0195 e. The van der Waals surface area contributed by atoms with Crippen molar-refractivity contribution in [3.63, 3.8) is 0 Å². The number of aryl methyl sites for hydroxylation is 2. The van der Waals surface area contributed by atoms with Gasteiger partial charge >= 0.3 is 0 Å². The van der Waals surface area contributed by atoms with Crippen molar-refractivity contribution in [3.05, 3.63) is 34.9 Å². The molecule has 0 saturated heterocycles. The predicted molar refractivity (Wildman–Crippen MR) is 60.0 cm³/mol. The Labute approximate surface area is 82.0 Å². The van der Waals surface area contributed by atoms with Crippen molar-refractivity contribution >= 4 is 0 Å². The first-order valence-electron chi connectivity index (χ1n) is 4.88. The molecule has 0 spiro atoms. The van der Waals surface area contributed by atoms with E-state index in [0.29, 0.717) is 0 Å².